The Morgan fingerprint density at radius 1 is 1.38 bits per heavy atom. The van der Waals surface area contributed by atoms with Gasteiger partial charge in [-0.15, -0.1) is 0 Å². The number of rotatable bonds is 3. The second-order valence-corrected chi connectivity index (χ2v) is 4.25. The van der Waals surface area contributed by atoms with E-state index in [0.717, 1.165) is 11.0 Å². The van der Waals surface area contributed by atoms with Gasteiger partial charge in [-0.1, -0.05) is 32.0 Å². The number of fused-ring (bicyclic) bond motifs is 1. The molecule has 0 aliphatic carbocycles. The molecule has 16 heavy (non-hydrogen) atoms. The van der Waals surface area contributed by atoms with E-state index in [1.165, 1.54) is 0 Å². The summed E-state index contributed by atoms with van der Waals surface area (Å²) in [4.78, 5) is 11.7. The Bertz CT molecular complexity index is 466. The van der Waals surface area contributed by atoms with Gasteiger partial charge in [-0.2, -0.15) is 0 Å². The van der Waals surface area contributed by atoms with Crippen LogP contribution in [0.2, 0.25) is 0 Å². The predicted octanol–water partition coefficient (Wildman–Crippen LogP) is 2.82. The van der Waals surface area contributed by atoms with Crippen molar-refractivity contribution >= 4 is 16.9 Å². The van der Waals surface area contributed by atoms with Gasteiger partial charge in [0.2, 0.25) is 0 Å². The lowest BCUT2D eigenvalue weighted by Crippen LogP contribution is -2.26. The van der Waals surface area contributed by atoms with Crippen molar-refractivity contribution in [2.24, 2.45) is 5.92 Å². The topological polar surface area (TPSA) is 42.2 Å². The van der Waals surface area contributed by atoms with Crippen LogP contribution in [0.1, 0.15) is 24.4 Å². The fourth-order valence-electron chi connectivity index (χ4n) is 1.48. The lowest BCUT2D eigenvalue weighted by molar-refractivity contribution is 0.0923. The molecule has 0 radical (unpaired) electrons. The molecule has 0 saturated carbocycles. The summed E-state index contributed by atoms with van der Waals surface area (Å²) in [6.45, 7) is 4.77. The smallest absolute Gasteiger partial charge is 0.287 e. The van der Waals surface area contributed by atoms with Gasteiger partial charge in [0.15, 0.2) is 5.76 Å². The van der Waals surface area contributed by atoms with Crippen LogP contribution in [0.4, 0.5) is 0 Å². The third-order valence-corrected chi connectivity index (χ3v) is 2.32. The first kappa shape index (κ1) is 10.7. The third-order valence-electron chi connectivity index (χ3n) is 2.32. The number of hydrogen-bond acceptors (Lipinski definition) is 2. The number of para-hydroxylation sites is 1. The Balaban J connectivity index is 2.17. The van der Waals surface area contributed by atoms with Crippen molar-refractivity contribution in [1.29, 1.82) is 0 Å². The highest BCUT2D eigenvalue weighted by Gasteiger charge is 2.11. The Hall–Kier alpha value is -1.77. The van der Waals surface area contributed by atoms with E-state index in [4.69, 9.17) is 4.42 Å². The van der Waals surface area contributed by atoms with Gasteiger partial charge in [0, 0.05) is 11.9 Å². The molecule has 1 aromatic carbocycles. The first-order valence-electron chi connectivity index (χ1n) is 5.43. The Kier molecular flexibility index (Phi) is 2.95. The quantitative estimate of drug-likeness (QED) is 0.859. The first-order valence-corrected chi connectivity index (χ1v) is 5.43. The summed E-state index contributed by atoms with van der Waals surface area (Å²) in [6.07, 6.45) is 0. The largest absolute Gasteiger partial charge is 0.451 e. The molecule has 1 N–H and O–H groups in total. The maximum Gasteiger partial charge on any atom is 0.287 e. The number of amides is 1. The minimum atomic E-state index is -0.148. The molecule has 0 aliphatic heterocycles. The monoisotopic (exact) mass is 217 g/mol. The number of carbonyl (C=O) groups is 1. The fourth-order valence-corrected chi connectivity index (χ4v) is 1.48. The van der Waals surface area contributed by atoms with Gasteiger partial charge < -0.3 is 9.73 Å². The minimum absolute atomic E-state index is 0.148. The van der Waals surface area contributed by atoms with E-state index in [0.29, 0.717) is 18.2 Å². The lowest BCUT2D eigenvalue weighted by atomic mass is 10.2. The zero-order valence-electron chi connectivity index (χ0n) is 9.49. The van der Waals surface area contributed by atoms with Gasteiger partial charge in [0.25, 0.3) is 5.91 Å². The van der Waals surface area contributed by atoms with Gasteiger partial charge in [0.1, 0.15) is 5.58 Å². The summed E-state index contributed by atoms with van der Waals surface area (Å²) in [5.41, 5.74) is 0.747. The van der Waals surface area contributed by atoms with Crippen molar-refractivity contribution in [3.05, 3.63) is 36.1 Å². The highest BCUT2D eigenvalue weighted by Crippen LogP contribution is 2.18. The predicted molar refractivity (Wildman–Crippen MR) is 63.4 cm³/mol. The number of carbonyl (C=O) groups excluding carboxylic acids is 1. The van der Waals surface area contributed by atoms with E-state index in [1.807, 2.05) is 24.3 Å². The van der Waals surface area contributed by atoms with E-state index in [2.05, 4.69) is 19.2 Å². The maximum absolute atomic E-state index is 11.7. The Morgan fingerprint density at radius 3 is 2.81 bits per heavy atom. The van der Waals surface area contributed by atoms with Crippen molar-refractivity contribution < 1.29 is 9.21 Å². The van der Waals surface area contributed by atoms with Crippen LogP contribution in [0.25, 0.3) is 11.0 Å². The second-order valence-electron chi connectivity index (χ2n) is 4.25. The minimum Gasteiger partial charge on any atom is -0.451 e. The highest BCUT2D eigenvalue weighted by atomic mass is 16.3. The Labute approximate surface area is 94.4 Å². The summed E-state index contributed by atoms with van der Waals surface area (Å²) in [5, 5.41) is 3.78. The molecule has 0 bridgehead atoms. The highest BCUT2D eigenvalue weighted by molar-refractivity contribution is 5.96. The summed E-state index contributed by atoms with van der Waals surface area (Å²) >= 11 is 0. The molecule has 0 aliphatic rings. The zero-order valence-corrected chi connectivity index (χ0v) is 9.49. The summed E-state index contributed by atoms with van der Waals surface area (Å²) in [5.74, 6) is 0.667. The molecule has 2 aromatic rings. The molecule has 2 rings (SSSR count). The average Bonchev–Trinajstić information content (AvgIpc) is 2.69. The van der Waals surface area contributed by atoms with E-state index >= 15 is 0 Å². The molecule has 3 nitrogen and oxygen atoms in total. The summed E-state index contributed by atoms with van der Waals surface area (Å²) < 4.78 is 5.45. The molecule has 3 heteroatoms. The fraction of sp³-hybridized carbons (Fsp3) is 0.308. The lowest BCUT2D eigenvalue weighted by Gasteiger charge is -2.04. The molecule has 0 unspecified atom stereocenters. The SMILES string of the molecule is CC(C)CNC(=O)c1cc2ccccc2o1. The summed E-state index contributed by atoms with van der Waals surface area (Å²) in [7, 11) is 0. The van der Waals surface area contributed by atoms with Crippen LogP contribution in [0, 0.1) is 5.92 Å². The van der Waals surface area contributed by atoms with Crippen LogP contribution in [-0.2, 0) is 0 Å². The third kappa shape index (κ3) is 2.24. The van der Waals surface area contributed by atoms with Crippen LogP contribution >= 0.6 is 0 Å². The number of furan rings is 1. The maximum atomic E-state index is 11.7. The summed E-state index contributed by atoms with van der Waals surface area (Å²) in [6, 6.07) is 9.37. The van der Waals surface area contributed by atoms with E-state index in [1.54, 1.807) is 6.07 Å². The molecule has 0 spiro atoms. The number of benzene rings is 1. The Morgan fingerprint density at radius 2 is 2.12 bits per heavy atom. The molecule has 0 fully saturated rings. The van der Waals surface area contributed by atoms with E-state index < -0.39 is 0 Å². The molecule has 0 saturated heterocycles. The van der Waals surface area contributed by atoms with Gasteiger partial charge in [-0.3, -0.25) is 4.79 Å². The van der Waals surface area contributed by atoms with Crippen LogP contribution in [0.5, 0.6) is 0 Å². The second kappa shape index (κ2) is 4.39. The number of hydrogen-bond donors (Lipinski definition) is 1. The van der Waals surface area contributed by atoms with E-state index in [-0.39, 0.29) is 5.91 Å². The zero-order chi connectivity index (χ0) is 11.5. The van der Waals surface area contributed by atoms with Crippen LogP contribution < -0.4 is 5.32 Å². The first-order chi connectivity index (χ1) is 7.66. The van der Waals surface area contributed by atoms with E-state index in [9.17, 15) is 4.79 Å². The number of nitrogens with one attached hydrogen (secondary N) is 1. The van der Waals surface area contributed by atoms with Crippen molar-refractivity contribution in [2.45, 2.75) is 13.8 Å². The van der Waals surface area contributed by atoms with Gasteiger partial charge >= 0.3 is 0 Å². The van der Waals surface area contributed by atoms with Crippen molar-refractivity contribution in [2.75, 3.05) is 6.54 Å². The molecular formula is C13H15NO2. The molecular weight excluding hydrogens is 202 g/mol. The van der Waals surface area contributed by atoms with Crippen LogP contribution in [0.15, 0.2) is 34.7 Å². The van der Waals surface area contributed by atoms with Crippen molar-refractivity contribution in [1.82, 2.24) is 5.32 Å². The van der Waals surface area contributed by atoms with Gasteiger partial charge in [0.05, 0.1) is 0 Å². The van der Waals surface area contributed by atoms with Gasteiger partial charge in [-0.25, -0.2) is 0 Å². The van der Waals surface area contributed by atoms with Crippen molar-refractivity contribution in [3.63, 3.8) is 0 Å². The molecule has 1 aromatic heterocycles. The molecule has 1 amide bonds. The van der Waals surface area contributed by atoms with Crippen LogP contribution in [-0.4, -0.2) is 12.5 Å². The van der Waals surface area contributed by atoms with Crippen LogP contribution in [0.3, 0.4) is 0 Å². The van der Waals surface area contributed by atoms with Crippen molar-refractivity contribution in [3.8, 4) is 0 Å². The normalized spacial score (nSPS) is 10.9. The van der Waals surface area contributed by atoms with Gasteiger partial charge in [-0.05, 0) is 18.1 Å². The molecule has 84 valence electrons. The molecule has 0 atom stereocenters. The molecule has 1 heterocycles. The standard InChI is InChI=1S/C13H15NO2/c1-9(2)8-14-13(15)12-7-10-5-3-4-6-11(10)16-12/h3-7,9H,8H2,1-2H3,(H,14,15). The average molecular weight is 217 g/mol.